The van der Waals surface area contributed by atoms with Crippen LogP contribution < -0.4 is 5.32 Å². The maximum Gasteiger partial charge on any atom is 0.252 e. The van der Waals surface area contributed by atoms with Crippen LogP contribution >= 0.6 is 23.4 Å². The third-order valence-electron chi connectivity index (χ3n) is 5.86. The summed E-state index contributed by atoms with van der Waals surface area (Å²) in [5.74, 6) is 1.08. The standard InChI is InChI=1S/C21H31ClN2O3S2/c1-16-9-12-24(13-10-16)29(26,27)18-7-8-20(22)19(15-18)21(25)23-11-14-28-17-5-3-2-4-6-17/h7-8,15-17H,2-6,9-14H2,1H3,(H,23,25). The van der Waals surface area contributed by atoms with E-state index in [1.165, 1.54) is 54.6 Å². The lowest BCUT2D eigenvalue weighted by Gasteiger charge is -2.29. The highest BCUT2D eigenvalue weighted by Crippen LogP contribution is 2.28. The van der Waals surface area contributed by atoms with Crippen molar-refractivity contribution in [2.75, 3.05) is 25.4 Å². The third-order valence-corrected chi connectivity index (χ3v) is 9.46. The molecule has 1 amide bonds. The Morgan fingerprint density at radius 1 is 1.17 bits per heavy atom. The van der Waals surface area contributed by atoms with E-state index < -0.39 is 10.0 Å². The van der Waals surface area contributed by atoms with Gasteiger partial charge in [0.1, 0.15) is 0 Å². The van der Waals surface area contributed by atoms with Gasteiger partial charge in [-0.3, -0.25) is 4.79 Å². The molecule has 5 nitrogen and oxygen atoms in total. The van der Waals surface area contributed by atoms with E-state index in [1.807, 2.05) is 11.8 Å². The van der Waals surface area contributed by atoms with Crippen molar-refractivity contribution >= 4 is 39.3 Å². The number of hydrogen-bond acceptors (Lipinski definition) is 4. The lowest BCUT2D eigenvalue weighted by Crippen LogP contribution is -2.38. The minimum absolute atomic E-state index is 0.137. The van der Waals surface area contributed by atoms with Gasteiger partial charge in [0.05, 0.1) is 15.5 Å². The molecule has 3 rings (SSSR count). The molecule has 0 unspecified atom stereocenters. The molecular formula is C21H31ClN2O3S2. The van der Waals surface area contributed by atoms with Crippen molar-refractivity contribution in [3.8, 4) is 0 Å². The van der Waals surface area contributed by atoms with Crippen LogP contribution in [0, 0.1) is 5.92 Å². The van der Waals surface area contributed by atoms with Crippen LogP contribution in [-0.4, -0.2) is 49.3 Å². The summed E-state index contributed by atoms with van der Waals surface area (Å²) in [4.78, 5) is 12.7. The maximum absolute atomic E-state index is 13.0. The molecule has 0 radical (unpaired) electrons. The Morgan fingerprint density at radius 3 is 2.55 bits per heavy atom. The number of halogens is 1. The van der Waals surface area contributed by atoms with Gasteiger partial charge in [0.2, 0.25) is 10.0 Å². The molecule has 162 valence electrons. The number of rotatable bonds is 7. The first kappa shape index (κ1) is 22.9. The molecule has 1 aromatic carbocycles. The number of thioether (sulfide) groups is 1. The summed E-state index contributed by atoms with van der Waals surface area (Å²) in [7, 11) is -3.61. The normalized spacial score (nSPS) is 19.9. The molecule has 0 aromatic heterocycles. The second-order valence-electron chi connectivity index (χ2n) is 8.11. The summed E-state index contributed by atoms with van der Waals surface area (Å²) in [6.07, 6.45) is 8.19. The largest absolute Gasteiger partial charge is 0.351 e. The molecule has 2 aliphatic rings. The number of hydrogen-bond donors (Lipinski definition) is 1. The molecule has 29 heavy (non-hydrogen) atoms. The highest BCUT2D eigenvalue weighted by molar-refractivity contribution is 7.99. The number of amides is 1. The fraction of sp³-hybridized carbons (Fsp3) is 0.667. The molecular weight excluding hydrogens is 428 g/mol. The van der Waals surface area contributed by atoms with Gasteiger partial charge in [0.15, 0.2) is 0 Å². The van der Waals surface area contributed by atoms with Crippen molar-refractivity contribution in [2.24, 2.45) is 5.92 Å². The average molecular weight is 459 g/mol. The molecule has 0 atom stereocenters. The van der Waals surface area contributed by atoms with E-state index in [1.54, 1.807) is 0 Å². The van der Waals surface area contributed by atoms with Gasteiger partial charge in [-0.2, -0.15) is 16.1 Å². The smallest absolute Gasteiger partial charge is 0.252 e. The predicted octanol–water partition coefficient (Wildman–Crippen LogP) is 4.56. The molecule has 1 saturated heterocycles. The number of nitrogens with one attached hydrogen (secondary N) is 1. The minimum atomic E-state index is -3.61. The van der Waals surface area contributed by atoms with Crippen molar-refractivity contribution < 1.29 is 13.2 Å². The Morgan fingerprint density at radius 2 is 1.86 bits per heavy atom. The van der Waals surface area contributed by atoms with Crippen LogP contribution in [0.4, 0.5) is 0 Å². The van der Waals surface area contributed by atoms with Gasteiger partial charge in [-0.15, -0.1) is 0 Å². The molecule has 8 heteroatoms. The Labute approximate surface area is 184 Å². The summed E-state index contributed by atoms with van der Waals surface area (Å²) in [6, 6.07) is 4.41. The van der Waals surface area contributed by atoms with E-state index in [9.17, 15) is 13.2 Å². The zero-order chi connectivity index (χ0) is 20.9. The van der Waals surface area contributed by atoms with Crippen LogP contribution in [0.1, 0.15) is 62.2 Å². The monoisotopic (exact) mass is 458 g/mol. The SMILES string of the molecule is CC1CCN(S(=O)(=O)c2ccc(Cl)c(C(=O)NCCSC3CCCCC3)c2)CC1. The summed E-state index contributed by atoms with van der Waals surface area (Å²) >= 11 is 8.12. The van der Waals surface area contributed by atoms with Crippen LogP contribution in [0.15, 0.2) is 23.1 Å². The van der Waals surface area contributed by atoms with E-state index in [2.05, 4.69) is 12.2 Å². The van der Waals surface area contributed by atoms with Crippen molar-refractivity contribution in [2.45, 2.75) is 62.0 Å². The van der Waals surface area contributed by atoms with Gasteiger partial charge in [0, 0.05) is 30.6 Å². The molecule has 0 bridgehead atoms. The van der Waals surface area contributed by atoms with Crippen molar-refractivity contribution in [3.05, 3.63) is 28.8 Å². The molecule has 1 heterocycles. The van der Waals surface area contributed by atoms with Crippen LogP contribution in [0.5, 0.6) is 0 Å². The first-order chi connectivity index (χ1) is 13.9. The summed E-state index contributed by atoms with van der Waals surface area (Å²) in [5.41, 5.74) is 0.223. The molecule has 0 spiro atoms. The van der Waals surface area contributed by atoms with Gasteiger partial charge in [-0.05, 0) is 49.8 Å². The quantitative estimate of drug-likeness (QED) is 0.608. The molecule has 2 fully saturated rings. The number of piperidine rings is 1. The number of nitrogens with zero attached hydrogens (tertiary/aromatic N) is 1. The summed E-state index contributed by atoms with van der Waals surface area (Å²) < 4.78 is 27.4. The van der Waals surface area contributed by atoms with Gasteiger partial charge in [0.25, 0.3) is 5.91 Å². The van der Waals surface area contributed by atoms with Crippen LogP contribution in [0.3, 0.4) is 0 Å². The van der Waals surface area contributed by atoms with E-state index in [0.717, 1.165) is 18.6 Å². The molecule has 1 aliphatic carbocycles. The number of benzene rings is 1. The lowest BCUT2D eigenvalue weighted by molar-refractivity contribution is 0.0956. The second-order valence-corrected chi connectivity index (χ2v) is 11.9. The third kappa shape index (κ3) is 6.12. The highest BCUT2D eigenvalue weighted by Gasteiger charge is 2.29. The van der Waals surface area contributed by atoms with Gasteiger partial charge in [-0.1, -0.05) is 37.8 Å². The van der Waals surface area contributed by atoms with Crippen molar-refractivity contribution in [1.82, 2.24) is 9.62 Å². The topological polar surface area (TPSA) is 66.5 Å². The van der Waals surface area contributed by atoms with Gasteiger partial charge in [-0.25, -0.2) is 8.42 Å². The van der Waals surface area contributed by atoms with E-state index in [4.69, 9.17) is 11.6 Å². The average Bonchev–Trinajstić information content (AvgIpc) is 2.72. The van der Waals surface area contributed by atoms with Gasteiger partial charge >= 0.3 is 0 Å². The first-order valence-electron chi connectivity index (χ1n) is 10.6. The maximum atomic E-state index is 13.0. The van der Waals surface area contributed by atoms with Crippen molar-refractivity contribution in [1.29, 1.82) is 0 Å². The highest BCUT2D eigenvalue weighted by atomic mass is 35.5. The Bertz CT molecular complexity index is 802. The number of carbonyl (C=O) groups excluding carboxylic acids is 1. The summed E-state index contributed by atoms with van der Waals surface area (Å²) in [6.45, 7) is 3.73. The molecule has 1 aromatic rings. The lowest BCUT2D eigenvalue weighted by atomic mass is 10.0. The second kappa shape index (κ2) is 10.5. The fourth-order valence-corrected chi connectivity index (χ4v) is 6.85. The molecule has 1 N–H and O–H groups in total. The van der Waals surface area contributed by atoms with Crippen molar-refractivity contribution in [3.63, 3.8) is 0 Å². The predicted molar refractivity (Wildman–Crippen MR) is 120 cm³/mol. The van der Waals surface area contributed by atoms with Gasteiger partial charge < -0.3 is 5.32 Å². The van der Waals surface area contributed by atoms with Crippen LogP contribution in [-0.2, 0) is 10.0 Å². The first-order valence-corrected chi connectivity index (χ1v) is 13.4. The minimum Gasteiger partial charge on any atom is -0.351 e. The number of carbonyl (C=O) groups is 1. The Balaban J connectivity index is 1.59. The summed E-state index contributed by atoms with van der Waals surface area (Å²) in [5, 5.41) is 3.86. The van der Waals surface area contributed by atoms with E-state index in [0.29, 0.717) is 30.8 Å². The number of sulfonamides is 1. The van der Waals surface area contributed by atoms with E-state index >= 15 is 0 Å². The van der Waals surface area contributed by atoms with E-state index in [-0.39, 0.29) is 21.4 Å². The molecule has 1 aliphatic heterocycles. The zero-order valence-electron chi connectivity index (χ0n) is 17.0. The fourth-order valence-electron chi connectivity index (χ4n) is 3.93. The Kier molecular flexibility index (Phi) is 8.31. The Hall–Kier alpha value is -0.760. The van der Waals surface area contributed by atoms with Crippen LogP contribution in [0.2, 0.25) is 5.02 Å². The van der Waals surface area contributed by atoms with Crippen LogP contribution in [0.25, 0.3) is 0 Å². The zero-order valence-corrected chi connectivity index (χ0v) is 19.4. The molecule has 1 saturated carbocycles.